The molecule has 20 heavy (non-hydrogen) atoms. The molecule has 0 aromatic heterocycles. The lowest BCUT2D eigenvalue weighted by Crippen LogP contribution is -2.22. The van der Waals surface area contributed by atoms with Gasteiger partial charge in [-0.15, -0.1) is 0 Å². The van der Waals surface area contributed by atoms with Crippen LogP contribution in [-0.2, 0) is 4.79 Å². The van der Waals surface area contributed by atoms with Crippen LogP contribution in [-0.4, -0.2) is 31.3 Å². The molecule has 0 spiro atoms. The van der Waals surface area contributed by atoms with Crippen molar-refractivity contribution in [1.29, 1.82) is 0 Å². The minimum absolute atomic E-state index is 0.0996. The second kappa shape index (κ2) is 9.15. The average Bonchev–Trinajstić information content (AvgIpc) is 2.49. The number of methoxy groups -OCH3 is 1. The predicted molar refractivity (Wildman–Crippen MR) is 80.5 cm³/mol. The summed E-state index contributed by atoms with van der Waals surface area (Å²) in [4.78, 5) is 11.6. The van der Waals surface area contributed by atoms with Gasteiger partial charge in [0.1, 0.15) is 5.75 Å². The summed E-state index contributed by atoms with van der Waals surface area (Å²) in [6, 6.07) is 7.50. The first-order chi connectivity index (χ1) is 9.65. The Morgan fingerprint density at radius 2 is 2.10 bits per heavy atom. The molecule has 0 aliphatic rings. The summed E-state index contributed by atoms with van der Waals surface area (Å²) in [6.07, 6.45) is 5.09. The number of carbonyl (C=O) groups is 1. The maximum absolute atomic E-state index is 11.6. The van der Waals surface area contributed by atoms with Crippen molar-refractivity contribution in [2.75, 3.05) is 20.3 Å². The Morgan fingerprint density at radius 1 is 1.40 bits per heavy atom. The predicted octanol–water partition coefficient (Wildman–Crippen LogP) is 2.23. The Kier molecular flexibility index (Phi) is 7.43. The number of rotatable bonds is 8. The van der Waals surface area contributed by atoms with Crippen molar-refractivity contribution >= 4 is 12.0 Å². The number of carbonyl (C=O) groups excluding carboxylic acids is 1. The summed E-state index contributed by atoms with van der Waals surface area (Å²) >= 11 is 0. The fraction of sp³-hybridized carbons (Fsp3) is 0.438. The Morgan fingerprint density at radius 3 is 2.70 bits per heavy atom. The van der Waals surface area contributed by atoms with Gasteiger partial charge < -0.3 is 15.2 Å². The van der Waals surface area contributed by atoms with Gasteiger partial charge in [-0.1, -0.05) is 19.1 Å². The summed E-state index contributed by atoms with van der Waals surface area (Å²) in [5.74, 6) is 0.990. The second-order valence-corrected chi connectivity index (χ2v) is 4.83. The van der Waals surface area contributed by atoms with Crippen molar-refractivity contribution in [3.8, 4) is 5.75 Å². The van der Waals surface area contributed by atoms with Crippen molar-refractivity contribution < 1.29 is 14.6 Å². The zero-order valence-electron chi connectivity index (χ0n) is 12.1. The first kappa shape index (κ1) is 16.2. The third-order valence-corrected chi connectivity index (χ3v) is 3.03. The van der Waals surface area contributed by atoms with E-state index in [0.717, 1.165) is 24.2 Å². The molecule has 1 aromatic carbocycles. The zero-order chi connectivity index (χ0) is 14.8. The molecule has 0 bridgehead atoms. The zero-order valence-corrected chi connectivity index (χ0v) is 12.1. The molecule has 1 atom stereocenters. The molecule has 1 unspecified atom stereocenters. The third-order valence-electron chi connectivity index (χ3n) is 3.03. The lowest BCUT2D eigenvalue weighted by molar-refractivity contribution is -0.116. The molecule has 0 aliphatic carbocycles. The van der Waals surface area contributed by atoms with E-state index < -0.39 is 0 Å². The average molecular weight is 277 g/mol. The number of hydrogen-bond donors (Lipinski definition) is 2. The fourth-order valence-electron chi connectivity index (χ4n) is 1.70. The van der Waals surface area contributed by atoms with E-state index in [2.05, 4.69) is 5.32 Å². The Balaban J connectivity index is 2.28. The molecule has 4 heteroatoms. The molecule has 0 saturated carbocycles. The van der Waals surface area contributed by atoms with Crippen molar-refractivity contribution in [2.45, 2.75) is 19.8 Å². The van der Waals surface area contributed by atoms with Crippen molar-refractivity contribution in [1.82, 2.24) is 5.32 Å². The lowest BCUT2D eigenvalue weighted by Gasteiger charge is -2.07. The summed E-state index contributed by atoms with van der Waals surface area (Å²) < 4.78 is 5.07. The third kappa shape index (κ3) is 6.38. The highest BCUT2D eigenvalue weighted by Gasteiger charge is 2.00. The maximum atomic E-state index is 11.6. The first-order valence-corrected chi connectivity index (χ1v) is 6.86. The molecule has 1 aromatic rings. The van der Waals surface area contributed by atoms with Crippen LogP contribution in [0, 0.1) is 5.92 Å². The molecule has 0 aliphatic heterocycles. The largest absolute Gasteiger partial charge is 0.497 e. The highest BCUT2D eigenvalue weighted by molar-refractivity contribution is 5.91. The number of hydrogen-bond acceptors (Lipinski definition) is 3. The van der Waals surface area contributed by atoms with E-state index in [1.807, 2.05) is 31.2 Å². The summed E-state index contributed by atoms with van der Waals surface area (Å²) in [5.41, 5.74) is 0.954. The molecular formula is C16H23NO3. The molecule has 0 fully saturated rings. The van der Waals surface area contributed by atoms with Crippen LogP contribution in [0.3, 0.4) is 0 Å². The number of ether oxygens (including phenoxy) is 1. The van der Waals surface area contributed by atoms with E-state index in [9.17, 15) is 4.79 Å². The summed E-state index contributed by atoms with van der Waals surface area (Å²) in [5, 5.41) is 11.7. The van der Waals surface area contributed by atoms with Gasteiger partial charge in [0.25, 0.3) is 0 Å². The van der Waals surface area contributed by atoms with Crippen LogP contribution in [0.4, 0.5) is 0 Å². The van der Waals surface area contributed by atoms with E-state index in [1.54, 1.807) is 13.2 Å². The molecule has 0 radical (unpaired) electrons. The van der Waals surface area contributed by atoms with Gasteiger partial charge in [0.15, 0.2) is 0 Å². The molecule has 1 rings (SSSR count). The first-order valence-electron chi connectivity index (χ1n) is 6.86. The van der Waals surface area contributed by atoms with Crippen LogP contribution in [0.25, 0.3) is 6.08 Å². The molecule has 0 saturated heterocycles. The van der Waals surface area contributed by atoms with E-state index >= 15 is 0 Å². The monoisotopic (exact) mass is 277 g/mol. The lowest BCUT2D eigenvalue weighted by atomic mass is 10.1. The SMILES string of the molecule is COc1ccc(/C=C/C(=O)NCCCC(C)CO)cc1. The molecule has 110 valence electrons. The Bertz CT molecular complexity index is 426. The maximum Gasteiger partial charge on any atom is 0.243 e. The second-order valence-electron chi connectivity index (χ2n) is 4.83. The quantitative estimate of drug-likeness (QED) is 0.566. The Hall–Kier alpha value is -1.81. The van der Waals surface area contributed by atoms with Crippen LogP contribution in [0.15, 0.2) is 30.3 Å². The smallest absolute Gasteiger partial charge is 0.243 e. The van der Waals surface area contributed by atoms with Gasteiger partial charge in [0.05, 0.1) is 7.11 Å². The van der Waals surface area contributed by atoms with Crippen LogP contribution < -0.4 is 10.1 Å². The highest BCUT2D eigenvalue weighted by atomic mass is 16.5. The minimum Gasteiger partial charge on any atom is -0.497 e. The van der Waals surface area contributed by atoms with E-state index in [4.69, 9.17) is 9.84 Å². The van der Waals surface area contributed by atoms with Gasteiger partial charge in [-0.2, -0.15) is 0 Å². The molecular weight excluding hydrogens is 254 g/mol. The van der Waals surface area contributed by atoms with E-state index in [0.29, 0.717) is 12.5 Å². The van der Waals surface area contributed by atoms with Gasteiger partial charge in [-0.3, -0.25) is 4.79 Å². The standard InChI is InChI=1S/C16H23NO3/c1-13(12-18)4-3-11-17-16(19)10-7-14-5-8-15(20-2)9-6-14/h5-10,13,18H,3-4,11-12H2,1-2H3,(H,17,19)/b10-7+. The minimum atomic E-state index is -0.0996. The van der Waals surface area contributed by atoms with Crippen LogP contribution in [0.2, 0.25) is 0 Å². The van der Waals surface area contributed by atoms with Crippen molar-refractivity contribution in [3.05, 3.63) is 35.9 Å². The van der Waals surface area contributed by atoms with Crippen molar-refractivity contribution in [3.63, 3.8) is 0 Å². The molecule has 1 amide bonds. The van der Waals surface area contributed by atoms with Gasteiger partial charge in [0, 0.05) is 19.2 Å². The van der Waals surface area contributed by atoms with Crippen molar-refractivity contribution in [2.24, 2.45) is 5.92 Å². The summed E-state index contributed by atoms with van der Waals surface area (Å²) in [6.45, 7) is 2.83. The van der Waals surface area contributed by atoms with E-state index in [-0.39, 0.29) is 12.5 Å². The van der Waals surface area contributed by atoms with Gasteiger partial charge >= 0.3 is 0 Å². The van der Waals surface area contributed by atoms with Gasteiger partial charge in [-0.25, -0.2) is 0 Å². The topological polar surface area (TPSA) is 58.6 Å². The number of amides is 1. The van der Waals surface area contributed by atoms with E-state index in [1.165, 1.54) is 6.08 Å². The number of nitrogens with one attached hydrogen (secondary N) is 1. The van der Waals surface area contributed by atoms with Gasteiger partial charge in [-0.05, 0) is 42.5 Å². The summed E-state index contributed by atoms with van der Waals surface area (Å²) in [7, 11) is 1.62. The van der Waals surface area contributed by atoms with Crippen LogP contribution in [0.5, 0.6) is 5.75 Å². The van der Waals surface area contributed by atoms with Crippen LogP contribution >= 0.6 is 0 Å². The fourth-order valence-corrected chi connectivity index (χ4v) is 1.70. The van der Waals surface area contributed by atoms with Gasteiger partial charge in [0.2, 0.25) is 5.91 Å². The molecule has 0 heterocycles. The molecule has 2 N–H and O–H groups in total. The normalized spacial score (nSPS) is 12.3. The number of benzene rings is 1. The molecule has 4 nitrogen and oxygen atoms in total. The number of aliphatic hydroxyl groups is 1. The number of aliphatic hydroxyl groups excluding tert-OH is 1. The Labute approximate surface area is 120 Å². The highest BCUT2D eigenvalue weighted by Crippen LogP contribution is 2.12. The van der Waals surface area contributed by atoms with Crippen LogP contribution in [0.1, 0.15) is 25.3 Å².